The van der Waals surface area contributed by atoms with E-state index >= 15 is 0 Å². The van der Waals surface area contributed by atoms with Crippen molar-refractivity contribution >= 4 is 27.7 Å². The maximum absolute atomic E-state index is 14.5. The Kier molecular flexibility index (Phi) is 18.7. The summed E-state index contributed by atoms with van der Waals surface area (Å²) in [5, 5.41) is 16.2. The van der Waals surface area contributed by atoms with E-state index in [4.69, 9.17) is 0 Å². The van der Waals surface area contributed by atoms with Gasteiger partial charge in [0, 0.05) is 64.4 Å². The quantitative estimate of drug-likeness (QED) is 0.149. The summed E-state index contributed by atoms with van der Waals surface area (Å²) in [5.41, 5.74) is 0. The van der Waals surface area contributed by atoms with Crippen molar-refractivity contribution in [2.24, 2.45) is 29.6 Å². The summed E-state index contributed by atoms with van der Waals surface area (Å²) in [4.78, 5) is 47.2. The molecule has 0 heterocycles. The van der Waals surface area contributed by atoms with Gasteiger partial charge in [-0.2, -0.15) is 0 Å². The summed E-state index contributed by atoms with van der Waals surface area (Å²) in [5.74, 6) is -2.75. The Morgan fingerprint density at radius 2 is 1.35 bits per heavy atom. The van der Waals surface area contributed by atoms with E-state index < -0.39 is 64.1 Å². The number of rotatable bonds is 20. The predicted molar refractivity (Wildman–Crippen MR) is 200 cm³/mol. The van der Waals surface area contributed by atoms with Gasteiger partial charge < -0.3 is 20.2 Å². The zero-order chi connectivity index (χ0) is 38.4. The average molecular weight is 762 g/mol. The number of aliphatic hydroxyl groups excluding tert-OH is 1. The highest BCUT2D eigenvalue weighted by Gasteiger charge is 2.42. The van der Waals surface area contributed by atoms with Crippen molar-refractivity contribution in [2.75, 3.05) is 46.0 Å². The van der Waals surface area contributed by atoms with Gasteiger partial charge >= 0.3 is 0 Å². The third-order valence-electron chi connectivity index (χ3n) is 11.2. The van der Waals surface area contributed by atoms with Crippen LogP contribution in [0.4, 0.5) is 8.78 Å². The first-order valence-corrected chi connectivity index (χ1v) is 21.8. The highest BCUT2D eigenvalue weighted by Crippen LogP contribution is 2.37. The molecule has 3 aliphatic carbocycles. The van der Waals surface area contributed by atoms with Crippen LogP contribution < -0.4 is 10.1 Å². The van der Waals surface area contributed by atoms with Gasteiger partial charge in [0.2, 0.25) is 27.7 Å². The number of hydrazine groups is 1. The molecule has 52 heavy (non-hydrogen) atoms. The summed E-state index contributed by atoms with van der Waals surface area (Å²) >= 11 is 0. The smallest absolute Gasteiger partial charge is 0.225 e. The Hall–Kier alpha value is -1.90. The molecule has 3 fully saturated rings. The number of hydrogen-bond donors (Lipinski definition) is 3. The minimum absolute atomic E-state index is 0.00603. The molecule has 3 rings (SSSR count). The molecule has 14 heteroatoms. The fourth-order valence-corrected chi connectivity index (χ4v) is 10.2. The van der Waals surface area contributed by atoms with E-state index in [0.29, 0.717) is 32.5 Å². The number of unbranched alkanes of at least 4 members (excludes halogenated alkanes) is 1. The summed E-state index contributed by atoms with van der Waals surface area (Å²) in [6.45, 7) is 7.38. The topological polar surface area (TPSA) is 139 Å². The fourth-order valence-electron chi connectivity index (χ4n) is 8.66. The molecular weight excluding hydrogens is 693 g/mol. The standard InChI is InChI=1S/C38H69F2N5O6S/c1-6-9-17-45(42-52(50,51)26-27-13-11-10-12-14-27)25-35(46)34(20-28-18-32(39)24-33(40)19-28)41-36(47)29-21-30(37(48)43(4)5)23-31(22-29)38(49)44(15-7-2)16-8-3/h27-35,42,46H,6-26H2,1-5H3,(H,41,47). The second kappa shape index (κ2) is 21.9. The largest absolute Gasteiger partial charge is 0.390 e. The Morgan fingerprint density at radius 1 is 0.769 bits per heavy atom. The van der Waals surface area contributed by atoms with E-state index in [2.05, 4.69) is 10.1 Å². The number of sulfonamides is 1. The molecule has 7 unspecified atom stereocenters. The third kappa shape index (κ3) is 14.4. The van der Waals surface area contributed by atoms with Gasteiger partial charge in [0.1, 0.15) is 12.3 Å². The van der Waals surface area contributed by atoms with E-state index in [9.17, 15) is 36.7 Å². The van der Waals surface area contributed by atoms with Crippen LogP contribution in [0, 0.1) is 29.6 Å². The number of nitrogens with one attached hydrogen (secondary N) is 2. The third-order valence-corrected chi connectivity index (χ3v) is 12.7. The number of aliphatic hydroxyl groups is 1. The van der Waals surface area contributed by atoms with E-state index in [1.807, 2.05) is 25.7 Å². The Labute approximate surface area is 312 Å². The van der Waals surface area contributed by atoms with Gasteiger partial charge in [-0.05, 0) is 82.5 Å². The van der Waals surface area contributed by atoms with Crippen molar-refractivity contribution < 1.29 is 36.7 Å². The zero-order valence-electron chi connectivity index (χ0n) is 32.5. The van der Waals surface area contributed by atoms with E-state index in [-0.39, 0.29) is 68.6 Å². The van der Waals surface area contributed by atoms with E-state index in [1.165, 1.54) is 9.91 Å². The SMILES string of the molecule is CCCCN(CC(O)C(CC1CC(F)CC(F)C1)NC(=O)C1CC(C(=O)N(C)C)CC(C(=O)N(CCC)CCC)C1)NS(=O)(=O)CC1CCCCC1. The van der Waals surface area contributed by atoms with Crippen LogP contribution in [0.15, 0.2) is 0 Å². The second-order valence-corrected chi connectivity index (χ2v) is 18.0. The molecule has 7 atom stereocenters. The lowest BCUT2D eigenvalue weighted by Crippen LogP contribution is -2.55. The predicted octanol–water partition coefficient (Wildman–Crippen LogP) is 4.98. The molecule has 0 aromatic heterocycles. The van der Waals surface area contributed by atoms with E-state index in [1.54, 1.807) is 14.1 Å². The minimum Gasteiger partial charge on any atom is -0.390 e. The first kappa shape index (κ1) is 44.5. The van der Waals surface area contributed by atoms with Gasteiger partial charge in [0.25, 0.3) is 0 Å². The summed E-state index contributed by atoms with van der Waals surface area (Å²) in [7, 11) is -0.396. The molecule has 0 aromatic carbocycles. The lowest BCUT2D eigenvalue weighted by atomic mass is 9.73. The van der Waals surface area contributed by atoms with E-state index in [0.717, 1.165) is 51.4 Å². The maximum Gasteiger partial charge on any atom is 0.225 e. The summed E-state index contributed by atoms with van der Waals surface area (Å²) in [6, 6.07) is -0.933. The normalized spacial score (nSPS) is 27.2. The molecule has 3 aliphatic rings. The Balaban J connectivity index is 1.84. The van der Waals surface area contributed by atoms with Gasteiger partial charge in [0.15, 0.2) is 0 Å². The molecule has 0 saturated heterocycles. The Morgan fingerprint density at radius 3 is 1.90 bits per heavy atom. The number of carbonyl (C=O) groups is 3. The molecule has 0 spiro atoms. The first-order chi connectivity index (χ1) is 24.7. The number of amides is 3. The molecule has 0 bridgehead atoms. The first-order valence-electron chi connectivity index (χ1n) is 20.2. The van der Waals surface area contributed by atoms with Crippen LogP contribution in [0.1, 0.15) is 124 Å². The molecule has 0 aromatic rings. The molecule has 0 aliphatic heterocycles. The van der Waals surface area contributed by atoms with Crippen molar-refractivity contribution in [1.29, 1.82) is 0 Å². The molecule has 11 nitrogen and oxygen atoms in total. The van der Waals surface area contributed by atoms with Crippen LogP contribution in [0.25, 0.3) is 0 Å². The van der Waals surface area contributed by atoms with Gasteiger partial charge in [-0.15, -0.1) is 4.83 Å². The minimum atomic E-state index is -3.71. The van der Waals surface area contributed by atoms with Gasteiger partial charge in [0.05, 0.1) is 17.9 Å². The van der Waals surface area contributed by atoms with Crippen LogP contribution in [0.2, 0.25) is 0 Å². The Bertz CT molecular complexity index is 1210. The van der Waals surface area contributed by atoms with Crippen LogP contribution in [0.3, 0.4) is 0 Å². The zero-order valence-corrected chi connectivity index (χ0v) is 33.4. The summed E-state index contributed by atoms with van der Waals surface area (Å²) < 4.78 is 55.7. The number of nitrogens with zero attached hydrogens (tertiary/aromatic N) is 3. The molecule has 3 N–H and O–H groups in total. The van der Waals surface area contributed by atoms with Crippen molar-refractivity contribution in [1.82, 2.24) is 25.0 Å². The summed E-state index contributed by atoms with van der Waals surface area (Å²) in [6.07, 6.45) is 4.96. The number of halogens is 2. The highest BCUT2D eigenvalue weighted by molar-refractivity contribution is 7.89. The van der Waals surface area contributed by atoms with Gasteiger partial charge in [-0.25, -0.2) is 22.2 Å². The molecule has 3 amide bonds. The number of carbonyl (C=O) groups excluding carboxylic acids is 3. The average Bonchev–Trinajstić information content (AvgIpc) is 3.08. The van der Waals surface area contributed by atoms with Crippen molar-refractivity contribution in [3.63, 3.8) is 0 Å². The van der Waals surface area contributed by atoms with Gasteiger partial charge in [-0.1, -0.05) is 46.5 Å². The molecule has 302 valence electrons. The number of alkyl halides is 2. The van der Waals surface area contributed by atoms with Crippen LogP contribution in [-0.2, 0) is 24.4 Å². The molecule has 3 saturated carbocycles. The lowest BCUT2D eigenvalue weighted by Gasteiger charge is -2.38. The van der Waals surface area contributed by atoms with Crippen LogP contribution in [-0.4, -0.2) is 117 Å². The molecular formula is C38H69F2N5O6S. The van der Waals surface area contributed by atoms with Crippen LogP contribution >= 0.6 is 0 Å². The molecule has 0 radical (unpaired) electrons. The van der Waals surface area contributed by atoms with Crippen molar-refractivity contribution in [3.8, 4) is 0 Å². The second-order valence-electron chi connectivity index (χ2n) is 16.2. The van der Waals surface area contributed by atoms with Gasteiger partial charge in [-0.3, -0.25) is 14.4 Å². The maximum atomic E-state index is 14.5. The lowest BCUT2D eigenvalue weighted by molar-refractivity contribution is -0.143. The highest BCUT2D eigenvalue weighted by atomic mass is 32.2. The van der Waals surface area contributed by atoms with Crippen molar-refractivity contribution in [3.05, 3.63) is 0 Å². The van der Waals surface area contributed by atoms with Crippen LogP contribution in [0.5, 0.6) is 0 Å². The van der Waals surface area contributed by atoms with Crippen molar-refractivity contribution in [2.45, 2.75) is 148 Å². The number of hydrogen-bond acceptors (Lipinski definition) is 7. The fraction of sp³-hybridized carbons (Fsp3) is 0.921. The monoisotopic (exact) mass is 761 g/mol.